The summed E-state index contributed by atoms with van der Waals surface area (Å²) in [4.78, 5) is 0. The molecule has 0 spiro atoms. The van der Waals surface area contributed by atoms with Crippen LogP contribution < -0.4 is 15.8 Å². The quantitative estimate of drug-likeness (QED) is 0.630. The predicted molar refractivity (Wildman–Crippen MR) is 93.0 cm³/mol. The van der Waals surface area contributed by atoms with Gasteiger partial charge in [0.05, 0.1) is 12.7 Å². The summed E-state index contributed by atoms with van der Waals surface area (Å²) in [6.45, 7) is 0.735. The van der Waals surface area contributed by atoms with Gasteiger partial charge >= 0.3 is 0 Å². The molecular formula is C19H22F2N2O3. The Morgan fingerprint density at radius 2 is 1.92 bits per heavy atom. The van der Waals surface area contributed by atoms with Gasteiger partial charge in [-0.05, 0) is 42.3 Å². The molecule has 0 fully saturated rings. The number of phenolic OH excluding ortho intramolecular Hbond substituents is 1. The van der Waals surface area contributed by atoms with Gasteiger partial charge in [-0.3, -0.25) is 0 Å². The molecule has 3 atom stereocenters. The highest BCUT2D eigenvalue weighted by atomic mass is 19.1. The molecule has 7 heteroatoms. The van der Waals surface area contributed by atoms with Crippen LogP contribution in [0.3, 0.4) is 0 Å². The van der Waals surface area contributed by atoms with Gasteiger partial charge in [-0.2, -0.15) is 0 Å². The highest BCUT2D eigenvalue weighted by molar-refractivity contribution is 5.42. The number of aliphatic hydroxyl groups excluding tert-OH is 1. The van der Waals surface area contributed by atoms with Gasteiger partial charge in [-0.15, -0.1) is 0 Å². The molecule has 3 rings (SSSR count). The van der Waals surface area contributed by atoms with E-state index >= 15 is 0 Å². The van der Waals surface area contributed by atoms with Crippen molar-refractivity contribution in [1.82, 2.24) is 5.32 Å². The van der Waals surface area contributed by atoms with Gasteiger partial charge in [-0.25, -0.2) is 8.78 Å². The van der Waals surface area contributed by atoms with Crippen LogP contribution >= 0.6 is 0 Å². The van der Waals surface area contributed by atoms with Crippen LogP contribution in [0.1, 0.15) is 23.6 Å². The van der Waals surface area contributed by atoms with Crippen LogP contribution in [-0.4, -0.2) is 35.5 Å². The molecule has 0 saturated carbocycles. The Morgan fingerprint density at radius 3 is 2.65 bits per heavy atom. The zero-order valence-electron chi connectivity index (χ0n) is 14.2. The minimum absolute atomic E-state index is 0.0840. The summed E-state index contributed by atoms with van der Waals surface area (Å²) in [7, 11) is 0. The van der Waals surface area contributed by atoms with E-state index in [1.165, 1.54) is 12.1 Å². The monoisotopic (exact) mass is 364 g/mol. The van der Waals surface area contributed by atoms with Gasteiger partial charge in [0, 0.05) is 36.7 Å². The van der Waals surface area contributed by atoms with E-state index in [-0.39, 0.29) is 24.8 Å². The molecule has 0 saturated heterocycles. The van der Waals surface area contributed by atoms with Crippen LogP contribution in [0.15, 0.2) is 36.4 Å². The fourth-order valence-electron chi connectivity index (χ4n) is 3.15. The van der Waals surface area contributed by atoms with Crippen molar-refractivity contribution in [3.63, 3.8) is 0 Å². The first-order valence-electron chi connectivity index (χ1n) is 8.50. The first-order valence-corrected chi connectivity index (χ1v) is 8.50. The number of rotatable bonds is 6. The third kappa shape index (κ3) is 4.49. The van der Waals surface area contributed by atoms with Gasteiger partial charge in [0.15, 0.2) is 0 Å². The second-order valence-corrected chi connectivity index (χ2v) is 6.53. The normalized spacial score (nSPS) is 18.7. The van der Waals surface area contributed by atoms with Crippen molar-refractivity contribution in [3.8, 4) is 11.5 Å². The molecule has 140 valence electrons. The molecule has 0 radical (unpaired) electrons. The lowest BCUT2D eigenvalue weighted by Crippen LogP contribution is -2.44. The molecule has 2 unspecified atom stereocenters. The molecule has 26 heavy (non-hydrogen) atoms. The second-order valence-electron chi connectivity index (χ2n) is 6.53. The number of hydrogen-bond donors (Lipinski definition) is 4. The lowest BCUT2D eigenvalue weighted by Gasteiger charge is -2.29. The average molecular weight is 364 g/mol. The molecule has 1 aliphatic heterocycles. The number of nitrogens with one attached hydrogen (secondary N) is 1. The summed E-state index contributed by atoms with van der Waals surface area (Å²) in [5.41, 5.74) is 7.21. The van der Waals surface area contributed by atoms with Crippen molar-refractivity contribution in [2.45, 2.75) is 31.0 Å². The van der Waals surface area contributed by atoms with E-state index in [4.69, 9.17) is 10.5 Å². The minimum atomic E-state index is -0.898. The summed E-state index contributed by atoms with van der Waals surface area (Å²) in [6.07, 6.45) is -0.0548. The van der Waals surface area contributed by atoms with Crippen molar-refractivity contribution >= 4 is 0 Å². The zero-order valence-corrected chi connectivity index (χ0v) is 14.2. The first-order chi connectivity index (χ1) is 12.4. The maximum absolute atomic E-state index is 13.3. The molecule has 5 nitrogen and oxygen atoms in total. The number of phenols is 1. The van der Waals surface area contributed by atoms with E-state index in [0.29, 0.717) is 24.3 Å². The molecule has 5 N–H and O–H groups in total. The van der Waals surface area contributed by atoms with Crippen LogP contribution in [-0.2, 0) is 6.42 Å². The van der Waals surface area contributed by atoms with Gasteiger partial charge in [-0.1, -0.05) is 0 Å². The Bertz CT molecular complexity index is 752. The Morgan fingerprint density at radius 1 is 1.19 bits per heavy atom. The van der Waals surface area contributed by atoms with E-state index in [1.807, 2.05) is 0 Å². The van der Waals surface area contributed by atoms with Crippen molar-refractivity contribution in [2.75, 3.05) is 13.2 Å². The number of hydrogen-bond acceptors (Lipinski definition) is 5. The maximum Gasteiger partial charge on any atom is 0.126 e. The maximum atomic E-state index is 13.3. The van der Waals surface area contributed by atoms with Crippen molar-refractivity contribution in [3.05, 3.63) is 59.2 Å². The summed E-state index contributed by atoms with van der Waals surface area (Å²) >= 11 is 0. The molecule has 0 amide bonds. The Balaban J connectivity index is 1.59. The fourth-order valence-corrected chi connectivity index (χ4v) is 3.15. The molecule has 0 bridgehead atoms. The highest BCUT2D eigenvalue weighted by Crippen LogP contribution is 2.34. The molecule has 2 aromatic rings. The topological polar surface area (TPSA) is 87.7 Å². The van der Waals surface area contributed by atoms with Crippen LogP contribution in [0.2, 0.25) is 0 Å². The summed E-state index contributed by atoms with van der Waals surface area (Å²) in [5, 5.41) is 23.2. The lowest BCUT2D eigenvalue weighted by atomic mass is 9.98. The standard InChI is InChI=1S/C19H22F2N2O3/c20-12-5-11(6-13(21)8-12)7-16(22)18(25)10-23-17-3-4-26-19-2-1-14(24)9-15(17)19/h1-2,5-6,8-9,16-18,23-25H,3-4,7,10,22H2/t16?,17-,18?/m0/s1. The first kappa shape index (κ1) is 18.6. The highest BCUT2D eigenvalue weighted by Gasteiger charge is 2.24. The lowest BCUT2D eigenvalue weighted by molar-refractivity contribution is 0.133. The van der Waals surface area contributed by atoms with E-state index in [2.05, 4.69) is 5.32 Å². The largest absolute Gasteiger partial charge is 0.508 e. The Labute approximate surface area is 150 Å². The molecule has 1 aliphatic rings. The molecule has 1 heterocycles. The van der Waals surface area contributed by atoms with Crippen molar-refractivity contribution in [1.29, 1.82) is 0 Å². The third-order valence-corrected chi connectivity index (χ3v) is 4.49. The number of ether oxygens (including phenoxy) is 1. The van der Waals surface area contributed by atoms with Gasteiger partial charge < -0.3 is 26.0 Å². The Hall–Kier alpha value is -2.22. The van der Waals surface area contributed by atoms with Crippen molar-refractivity contribution < 1.29 is 23.7 Å². The number of aliphatic hydroxyl groups is 1. The molecule has 0 aliphatic carbocycles. The number of aromatic hydroxyl groups is 1. The van der Waals surface area contributed by atoms with E-state index in [0.717, 1.165) is 11.6 Å². The zero-order chi connectivity index (χ0) is 18.7. The number of fused-ring (bicyclic) bond motifs is 1. The van der Waals surface area contributed by atoms with Crippen molar-refractivity contribution in [2.24, 2.45) is 5.73 Å². The van der Waals surface area contributed by atoms with Crippen LogP contribution in [0.4, 0.5) is 8.78 Å². The summed E-state index contributed by atoms with van der Waals surface area (Å²) < 4.78 is 32.1. The number of benzene rings is 2. The van der Waals surface area contributed by atoms with Crippen LogP contribution in [0, 0.1) is 11.6 Å². The van der Waals surface area contributed by atoms with Crippen LogP contribution in [0.25, 0.3) is 0 Å². The van der Waals surface area contributed by atoms with E-state index in [9.17, 15) is 19.0 Å². The summed E-state index contributed by atoms with van der Waals surface area (Å²) in [5.74, 6) is -0.496. The summed E-state index contributed by atoms with van der Waals surface area (Å²) in [6, 6.07) is 7.36. The molecule has 2 aromatic carbocycles. The smallest absolute Gasteiger partial charge is 0.126 e. The average Bonchev–Trinajstić information content (AvgIpc) is 2.58. The number of nitrogens with two attached hydrogens (primary N) is 1. The number of halogens is 2. The van der Waals surface area contributed by atoms with Gasteiger partial charge in [0.2, 0.25) is 0 Å². The second kappa shape index (κ2) is 7.99. The minimum Gasteiger partial charge on any atom is -0.508 e. The fraction of sp³-hybridized carbons (Fsp3) is 0.368. The van der Waals surface area contributed by atoms with Gasteiger partial charge in [0.1, 0.15) is 23.1 Å². The Kier molecular flexibility index (Phi) is 5.70. The molecular weight excluding hydrogens is 342 g/mol. The SMILES string of the molecule is NC(Cc1cc(F)cc(F)c1)C(O)CN[C@H]1CCOc2ccc(O)cc21. The van der Waals surface area contributed by atoms with Crippen LogP contribution in [0.5, 0.6) is 11.5 Å². The predicted octanol–water partition coefficient (Wildman–Crippen LogP) is 2.01. The molecule has 0 aromatic heterocycles. The third-order valence-electron chi connectivity index (χ3n) is 4.49. The van der Waals surface area contributed by atoms with Gasteiger partial charge in [0.25, 0.3) is 0 Å². The van der Waals surface area contributed by atoms with E-state index < -0.39 is 23.8 Å². The van der Waals surface area contributed by atoms with E-state index in [1.54, 1.807) is 18.2 Å².